The van der Waals surface area contributed by atoms with Crippen LogP contribution in [0.1, 0.15) is 15.9 Å². The van der Waals surface area contributed by atoms with Crippen LogP contribution >= 0.6 is 0 Å². The number of hydrogen-bond acceptors (Lipinski definition) is 5. The fourth-order valence-electron chi connectivity index (χ4n) is 3.25. The van der Waals surface area contributed by atoms with E-state index in [0.29, 0.717) is 39.9 Å². The van der Waals surface area contributed by atoms with E-state index in [1.165, 1.54) is 26.4 Å². The molecular formula is C22H19FN4O3. The summed E-state index contributed by atoms with van der Waals surface area (Å²) in [4.78, 5) is 12.9. The van der Waals surface area contributed by atoms with Crippen molar-refractivity contribution < 1.29 is 18.7 Å². The maximum Gasteiger partial charge on any atom is 0.259 e. The fourth-order valence-corrected chi connectivity index (χ4v) is 3.25. The number of halogens is 1. The smallest absolute Gasteiger partial charge is 0.259 e. The Kier molecular flexibility index (Phi) is 5.05. The van der Waals surface area contributed by atoms with Gasteiger partial charge in [0.2, 0.25) is 5.88 Å². The monoisotopic (exact) mass is 406 g/mol. The number of nitrogens with one attached hydrogen (secondary N) is 1. The summed E-state index contributed by atoms with van der Waals surface area (Å²) in [5, 5.41) is 11.3. The summed E-state index contributed by atoms with van der Waals surface area (Å²) in [6.45, 7) is 1.95. The molecule has 0 bridgehead atoms. The number of carbonyl (C=O) groups excluding carboxylic acids is 1. The first kappa shape index (κ1) is 19.4. The van der Waals surface area contributed by atoms with E-state index in [2.05, 4.69) is 15.5 Å². The van der Waals surface area contributed by atoms with E-state index in [1.807, 2.05) is 31.2 Å². The van der Waals surface area contributed by atoms with Crippen molar-refractivity contribution >= 4 is 17.2 Å². The predicted molar refractivity (Wildman–Crippen MR) is 111 cm³/mol. The molecule has 0 aliphatic rings. The molecule has 0 aliphatic heterocycles. The summed E-state index contributed by atoms with van der Waals surface area (Å²) in [7, 11) is 2.95. The SMILES string of the molecule is COc1cc(F)ccc1-c1nnc2c(C(=O)Nc3cccc(C)c3)ccc(OC)n12. The van der Waals surface area contributed by atoms with E-state index in [-0.39, 0.29) is 5.91 Å². The van der Waals surface area contributed by atoms with Gasteiger partial charge in [-0.05, 0) is 48.9 Å². The second-order valence-electron chi connectivity index (χ2n) is 6.64. The lowest BCUT2D eigenvalue weighted by molar-refractivity contribution is 0.102. The van der Waals surface area contributed by atoms with Crippen molar-refractivity contribution in [2.24, 2.45) is 0 Å². The van der Waals surface area contributed by atoms with Crippen LogP contribution < -0.4 is 14.8 Å². The van der Waals surface area contributed by atoms with Gasteiger partial charge in [0.25, 0.3) is 5.91 Å². The third kappa shape index (κ3) is 3.43. The van der Waals surface area contributed by atoms with Crippen LogP contribution in [0.15, 0.2) is 54.6 Å². The predicted octanol–water partition coefficient (Wildman–Crippen LogP) is 4.11. The topological polar surface area (TPSA) is 77.8 Å². The van der Waals surface area contributed by atoms with Gasteiger partial charge in [-0.1, -0.05) is 12.1 Å². The number of ether oxygens (including phenoxy) is 2. The average Bonchev–Trinajstić information content (AvgIpc) is 3.18. The third-order valence-corrected chi connectivity index (χ3v) is 4.65. The zero-order valence-electron chi connectivity index (χ0n) is 16.6. The van der Waals surface area contributed by atoms with E-state index >= 15 is 0 Å². The highest BCUT2D eigenvalue weighted by atomic mass is 19.1. The first-order chi connectivity index (χ1) is 14.5. The largest absolute Gasteiger partial charge is 0.496 e. The van der Waals surface area contributed by atoms with Crippen LogP contribution in [0.4, 0.5) is 10.1 Å². The molecule has 0 fully saturated rings. The molecule has 0 saturated heterocycles. The minimum atomic E-state index is -0.436. The lowest BCUT2D eigenvalue weighted by Gasteiger charge is -2.12. The minimum absolute atomic E-state index is 0.293. The molecule has 4 rings (SSSR count). The van der Waals surface area contributed by atoms with Crippen molar-refractivity contribution in [2.45, 2.75) is 6.92 Å². The Bertz CT molecular complexity index is 1250. The zero-order valence-corrected chi connectivity index (χ0v) is 16.6. The first-order valence-corrected chi connectivity index (χ1v) is 9.16. The van der Waals surface area contributed by atoms with Crippen molar-refractivity contribution in [2.75, 3.05) is 19.5 Å². The summed E-state index contributed by atoms with van der Waals surface area (Å²) in [5.41, 5.74) is 2.84. The van der Waals surface area contributed by atoms with E-state index in [4.69, 9.17) is 9.47 Å². The molecule has 152 valence electrons. The molecule has 0 spiro atoms. The van der Waals surface area contributed by atoms with Crippen molar-refractivity contribution in [1.29, 1.82) is 0 Å². The van der Waals surface area contributed by atoms with Crippen molar-refractivity contribution in [3.8, 4) is 23.0 Å². The molecule has 0 atom stereocenters. The molecule has 1 amide bonds. The standard InChI is InChI=1S/C22H19FN4O3/c1-13-5-4-6-15(11-13)24-22(28)17-9-10-19(30-3)27-20(25-26-21(17)27)16-8-7-14(23)12-18(16)29-2/h4-12H,1-3H3,(H,24,28). The summed E-state index contributed by atoms with van der Waals surface area (Å²) >= 11 is 0. The van der Waals surface area contributed by atoms with Gasteiger partial charge in [-0.15, -0.1) is 10.2 Å². The Morgan fingerprint density at radius 3 is 2.60 bits per heavy atom. The summed E-state index contributed by atoms with van der Waals surface area (Å²) in [6.07, 6.45) is 0. The number of methoxy groups -OCH3 is 2. The Balaban J connectivity index is 1.84. The maximum atomic E-state index is 13.6. The minimum Gasteiger partial charge on any atom is -0.496 e. The van der Waals surface area contributed by atoms with Gasteiger partial charge in [-0.25, -0.2) is 8.79 Å². The highest BCUT2D eigenvalue weighted by Gasteiger charge is 2.21. The molecule has 7 nitrogen and oxygen atoms in total. The second-order valence-corrected chi connectivity index (χ2v) is 6.64. The first-order valence-electron chi connectivity index (χ1n) is 9.16. The average molecular weight is 406 g/mol. The van der Waals surface area contributed by atoms with Crippen LogP contribution in [0.3, 0.4) is 0 Å². The second kappa shape index (κ2) is 7.82. The molecular weight excluding hydrogens is 387 g/mol. The molecule has 2 aromatic heterocycles. The Morgan fingerprint density at radius 1 is 1.03 bits per heavy atom. The molecule has 0 saturated carbocycles. The van der Waals surface area contributed by atoms with Crippen molar-refractivity contribution in [3.05, 3.63) is 71.5 Å². The molecule has 2 aromatic carbocycles. The van der Waals surface area contributed by atoms with Crippen molar-refractivity contribution in [1.82, 2.24) is 14.6 Å². The number of aryl methyl sites for hydroxylation is 1. The van der Waals surface area contributed by atoms with Gasteiger partial charge in [0, 0.05) is 11.8 Å². The highest BCUT2D eigenvalue weighted by molar-refractivity contribution is 6.08. The number of nitrogens with zero attached hydrogens (tertiary/aromatic N) is 3. The van der Waals surface area contributed by atoms with Gasteiger partial charge in [-0.2, -0.15) is 0 Å². The number of carbonyl (C=O) groups is 1. The normalized spacial score (nSPS) is 10.8. The number of anilines is 1. The summed E-state index contributed by atoms with van der Waals surface area (Å²) in [6, 6.07) is 14.9. The number of fused-ring (bicyclic) bond motifs is 1. The summed E-state index contributed by atoms with van der Waals surface area (Å²) < 4.78 is 26.0. The molecule has 0 aliphatic carbocycles. The van der Waals surface area contributed by atoms with Crippen LogP contribution in [0.25, 0.3) is 17.0 Å². The molecule has 30 heavy (non-hydrogen) atoms. The number of rotatable bonds is 5. The number of pyridine rings is 1. The zero-order chi connectivity index (χ0) is 21.3. The lowest BCUT2D eigenvalue weighted by atomic mass is 10.1. The fraction of sp³-hybridized carbons (Fsp3) is 0.136. The van der Waals surface area contributed by atoms with Gasteiger partial charge in [0.05, 0.1) is 25.3 Å². The number of benzene rings is 2. The van der Waals surface area contributed by atoms with Gasteiger partial charge < -0.3 is 14.8 Å². The van der Waals surface area contributed by atoms with Gasteiger partial charge in [0.1, 0.15) is 11.6 Å². The number of amides is 1. The van der Waals surface area contributed by atoms with Gasteiger partial charge >= 0.3 is 0 Å². The van der Waals surface area contributed by atoms with Crippen LogP contribution in [0, 0.1) is 12.7 Å². The van der Waals surface area contributed by atoms with Crippen LogP contribution in [-0.4, -0.2) is 34.7 Å². The molecule has 0 unspecified atom stereocenters. The molecule has 0 radical (unpaired) electrons. The Morgan fingerprint density at radius 2 is 1.87 bits per heavy atom. The van der Waals surface area contributed by atoms with Gasteiger partial charge in [-0.3, -0.25) is 4.79 Å². The van der Waals surface area contributed by atoms with E-state index < -0.39 is 5.82 Å². The molecule has 8 heteroatoms. The molecule has 2 heterocycles. The van der Waals surface area contributed by atoms with E-state index in [9.17, 15) is 9.18 Å². The Labute approximate surface area is 172 Å². The van der Waals surface area contributed by atoms with Gasteiger partial charge in [0.15, 0.2) is 11.5 Å². The highest BCUT2D eigenvalue weighted by Crippen LogP contribution is 2.32. The van der Waals surface area contributed by atoms with Crippen LogP contribution in [0.5, 0.6) is 11.6 Å². The summed E-state index contributed by atoms with van der Waals surface area (Å²) in [5.74, 6) is 0.307. The molecule has 1 N–H and O–H groups in total. The van der Waals surface area contributed by atoms with Crippen molar-refractivity contribution in [3.63, 3.8) is 0 Å². The third-order valence-electron chi connectivity index (χ3n) is 4.65. The van der Waals surface area contributed by atoms with E-state index in [0.717, 1.165) is 5.56 Å². The lowest BCUT2D eigenvalue weighted by Crippen LogP contribution is -2.14. The number of aromatic nitrogens is 3. The van der Waals surface area contributed by atoms with Crippen LogP contribution in [-0.2, 0) is 0 Å². The van der Waals surface area contributed by atoms with Crippen LogP contribution in [0.2, 0.25) is 0 Å². The quantitative estimate of drug-likeness (QED) is 0.540. The number of hydrogen-bond donors (Lipinski definition) is 1. The van der Waals surface area contributed by atoms with E-state index in [1.54, 1.807) is 22.6 Å². The Hall–Kier alpha value is -3.94. The molecule has 4 aromatic rings. The maximum absolute atomic E-state index is 13.6.